The quantitative estimate of drug-likeness (QED) is 0.610. The predicted molar refractivity (Wildman–Crippen MR) is 85.3 cm³/mol. The molecule has 2 N–H and O–H groups in total. The Labute approximate surface area is 139 Å². The number of rotatable bonds is 7. The van der Waals surface area contributed by atoms with E-state index in [0.717, 1.165) is 0 Å². The monoisotopic (exact) mass is 443 g/mol. The number of amides is 1. The number of benzene rings is 1. The normalized spacial score (nSPS) is 11.7. The van der Waals surface area contributed by atoms with Gasteiger partial charge in [-0.25, -0.2) is 8.42 Å². The molecule has 6 nitrogen and oxygen atoms in total. The zero-order valence-electron chi connectivity index (χ0n) is 10.9. The van der Waals surface area contributed by atoms with Crippen LogP contribution in [0, 0.1) is 0 Å². The largest absolute Gasteiger partial charge is 0.395 e. The molecule has 0 aliphatic carbocycles. The third-order valence-corrected chi connectivity index (χ3v) is 7.08. The Kier molecular flexibility index (Phi) is 7.28. The average molecular weight is 445 g/mol. The zero-order chi connectivity index (χ0) is 16.0. The number of alkyl halides is 2. The van der Waals surface area contributed by atoms with E-state index in [1.54, 1.807) is 6.07 Å². The molecule has 0 aromatic heterocycles. The third-order valence-electron chi connectivity index (χ3n) is 2.69. The van der Waals surface area contributed by atoms with Gasteiger partial charge in [0.1, 0.15) is 0 Å². The Balaban J connectivity index is 3.28. The lowest BCUT2D eigenvalue weighted by Gasteiger charge is -2.22. The van der Waals surface area contributed by atoms with Gasteiger partial charge in [-0.05, 0) is 12.1 Å². The maximum absolute atomic E-state index is 12.4. The molecule has 118 valence electrons. The van der Waals surface area contributed by atoms with E-state index in [4.69, 9.17) is 10.2 Å². The van der Waals surface area contributed by atoms with Gasteiger partial charge in [0.25, 0.3) is 5.91 Å². The van der Waals surface area contributed by atoms with Crippen molar-refractivity contribution in [2.75, 3.05) is 26.3 Å². The molecule has 1 rings (SSSR count). The third kappa shape index (κ3) is 4.49. The average Bonchev–Trinajstić information content (AvgIpc) is 2.46. The van der Waals surface area contributed by atoms with Crippen molar-refractivity contribution in [2.45, 2.75) is 7.96 Å². The Morgan fingerprint density at radius 3 is 2.14 bits per heavy atom. The second-order valence-corrected chi connectivity index (χ2v) is 10.3. The summed E-state index contributed by atoms with van der Waals surface area (Å²) in [7, 11) is -3.76. The highest BCUT2D eigenvalue weighted by Gasteiger charge is 2.29. The summed E-state index contributed by atoms with van der Waals surface area (Å²) in [5.41, 5.74) is 0.00306. The van der Waals surface area contributed by atoms with E-state index in [1.807, 2.05) is 0 Å². The highest BCUT2D eigenvalue weighted by Crippen LogP contribution is 2.28. The summed E-state index contributed by atoms with van der Waals surface area (Å²) >= 11 is 5.88. The summed E-state index contributed by atoms with van der Waals surface area (Å²) < 4.78 is 23.4. The Hall–Kier alpha value is -0.480. The van der Waals surface area contributed by atoms with Gasteiger partial charge in [0.15, 0.2) is 3.07 Å². The summed E-state index contributed by atoms with van der Waals surface area (Å²) in [4.78, 5) is 13.5. The van der Waals surface area contributed by atoms with Gasteiger partial charge in [0, 0.05) is 13.1 Å². The van der Waals surface area contributed by atoms with Crippen molar-refractivity contribution < 1.29 is 23.4 Å². The molecule has 0 saturated carbocycles. The van der Waals surface area contributed by atoms with Crippen LogP contribution in [-0.2, 0) is 9.84 Å². The maximum Gasteiger partial charge on any atom is 0.255 e. The van der Waals surface area contributed by atoms with Crippen molar-refractivity contribution in [3.05, 3.63) is 29.8 Å². The van der Waals surface area contributed by atoms with E-state index < -0.39 is 18.8 Å². The molecule has 0 saturated heterocycles. The van der Waals surface area contributed by atoms with Crippen LogP contribution in [0.25, 0.3) is 0 Å². The van der Waals surface area contributed by atoms with Gasteiger partial charge in [-0.15, -0.1) is 0 Å². The molecular weight excluding hydrogens is 430 g/mol. The van der Waals surface area contributed by atoms with Gasteiger partial charge < -0.3 is 15.1 Å². The molecule has 9 heteroatoms. The molecule has 21 heavy (non-hydrogen) atoms. The summed E-state index contributed by atoms with van der Waals surface area (Å²) in [5.74, 6) is -0.557. The SMILES string of the molecule is O=C(c1ccccc1S(=O)(=O)C(Br)Br)N(CCO)CCO. The van der Waals surface area contributed by atoms with Crippen LogP contribution in [0.1, 0.15) is 10.4 Å². The first kappa shape index (κ1) is 18.6. The minimum absolute atomic E-state index is 0.00306. The second kappa shape index (κ2) is 8.23. The molecule has 0 bridgehead atoms. The fraction of sp³-hybridized carbons (Fsp3) is 0.417. The number of nitrogens with zero attached hydrogens (tertiary/aromatic N) is 1. The van der Waals surface area contributed by atoms with Crippen molar-refractivity contribution in [2.24, 2.45) is 0 Å². The molecular formula is C12H15Br2NO5S. The van der Waals surface area contributed by atoms with E-state index in [9.17, 15) is 13.2 Å². The summed E-state index contributed by atoms with van der Waals surface area (Å²) in [5, 5.41) is 17.9. The minimum Gasteiger partial charge on any atom is -0.395 e. The first-order valence-corrected chi connectivity index (χ1v) is 9.36. The molecule has 0 aliphatic rings. The summed E-state index contributed by atoms with van der Waals surface area (Å²) in [6.07, 6.45) is 0. The van der Waals surface area contributed by atoms with Crippen molar-refractivity contribution in [3.63, 3.8) is 0 Å². The van der Waals surface area contributed by atoms with Crippen molar-refractivity contribution in [1.82, 2.24) is 4.90 Å². The number of carbonyl (C=O) groups is 1. The summed E-state index contributed by atoms with van der Waals surface area (Å²) in [6, 6.07) is 5.82. The van der Waals surface area contributed by atoms with Crippen LogP contribution in [0.15, 0.2) is 29.2 Å². The molecule has 0 unspecified atom stereocenters. The van der Waals surface area contributed by atoms with Crippen molar-refractivity contribution in [1.29, 1.82) is 0 Å². The van der Waals surface area contributed by atoms with Crippen molar-refractivity contribution >= 4 is 47.6 Å². The van der Waals surface area contributed by atoms with E-state index in [0.29, 0.717) is 0 Å². The van der Waals surface area contributed by atoms with E-state index in [2.05, 4.69) is 31.9 Å². The second-order valence-electron chi connectivity index (χ2n) is 4.04. The van der Waals surface area contributed by atoms with E-state index in [-0.39, 0.29) is 36.8 Å². The van der Waals surface area contributed by atoms with Gasteiger partial charge >= 0.3 is 0 Å². The standard InChI is InChI=1S/C12H15Br2NO5S/c13-12(14)21(19,20)10-4-2-1-3-9(10)11(18)15(5-7-16)6-8-17/h1-4,12,16-17H,5-8H2. The molecule has 0 heterocycles. The molecule has 0 fully saturated rings. The number of hydrogen-bond acceptors (Lipinski definition) is 5. The highest BCUT2D eigenvalue weighted by atomic mass is 79.9. The first-order valence-electron chi connectivity index (χ1n) is 5.98. The van der Waals surface area contributed by atoms with Gasteiger partial charge in [0.05, 0.1) is 23.7 Å². The number of halogens is 2. The molecule has 1 aromatic carbocycles. The molecule has 0 radical (unpaired) electrons. The summed E-state index contributed by atoms with van der Waals surface area (Å²) in [6.45, 7) is -0.528. The minimum atomic E-state index is -3.76. The number of hydrogen-bond donors (Lipinski definition) is 2. The van der Waals surface area contributed by atoms with Crippen LogP contribution < -0.4 is 0 Å². The Morgan fingerprint density at radius 2 is 1.67 bits per heavy atom. The fourth-order valence-corrected chi connectivity index (χ4v) is 3.84. The van der Waals surface area contributed by atoms with Crippen molar-refractivity contribution in [3.8, 4) is 0 Å². The van der Waals surface area contributed by atoms with Crippen LogP contribution in [0.2, 0.25) is 0 Å². The number of carbonyl (C=O) groups excluding carboxylic acids is 1. The lowest BCUT2D eigenvalue weighted by Crippen LogP contribution is -2.36. The van der Waals surface area contributed by atoms with Gasteiger partial charge in [-0.1, -0.05) is 44.0 Å². The smallest absolute Gasteiger partial charge is 0.255 e. The lowest BCUT2D eigenvalue weighted by molar-refractivity contribution is 0.0681. The Bertz CT molecular complexity index is 585. The van der Waals surface area contributed by atoms with Crippen LogP contribution in [0.3, 0.4) is 0 Å². The molecule has 0 spiro atoms. The topological polar surface area (TPSA) is 94.9 Å². The van der Waals surface area contributed by atoms with Crippen LogP contribution in [0.4, 0.5) is 0 Å². The van der Waals surface area contributed by atoms with Gasteiger partial charge in [-0.2, -0.15) is 0 Å². The van der Waals surface area contributed by atoms with Crippen LogP contribution in [-0.4, -0.2) is 58.8 Å². The molecule has 1 aromatic rings. The zero-order valence-corrected chi connectivity index (χ0v) is 14.9. The van der Waals surface area contributed by atoms with Gasteiger partial charge in [0.2, 0.25) is 9.84 Å². The fourth-order valence-electron chi connectivity index (χ4n) is 1.71. The number of aliphatic hydroxyl groups is 2. The molecule has 0 atom stereocenters. The first-order chi connectivity index (χ1) is 9.86. The number of sulfone groups is 1. The highest BCUT2D eigenvalue weighted by molar-refractivity contribution is 9.27. The van der Waals surface area contributed by atoms with E-state index in [1.165, 1.54) is 23.1 Å². The molecule has 0 aliphatic heterocycles. The maximum atomic E-state index is 12.4. The van der Waals surface area contributed by atoms with Crippen LogP contribution in [0.5, 0.6) is 0 Å². The molecule has 1 amide bonds. The van der Waals surface area contributed by atoms with Gasteiger partial charge in [-0.3, -0.25) is 4.79 Å². The lowest BCUT2D eigenvalue weighted by atomic mass is 10.2. The van der Waals surface area contributed by atoms with Crippen LogP contribution >= 0.6 is 31.9 Å². The Morgan fingerprint density at radius 1 is 1.14 bits per heavy atom. The number of aliphatic hydroxyl groups excluding tert-OH is 2. The predicted octanol–water partition coefficient (Wildman–Crippen LogP) is 0.960. The van der Waals surface area contributed by atoms with E-state index >= 15 is 0 Å².